The van der Waals surface area contributed by atoms with E-state index in [1.54, 1.807) is 18.4 Å². The molecule has 0 atom stereocenters. The van der Waals surface area contributed by atoms with Gasteiger partial charge in [-0.2, -0.15) is 0 Å². The van der Waals surface area contributed by atoms with Gasteiger partial charge in [-0.05, 0) is 56.1 Å². The first-order valence-electron chi connectivity index (χ1n) is 6.09. The fourth-order valence-corrected chi connectivity index (χ4v) is 3.51. The molecule has 0 amide bonds. The average Bonchev–Trinajstić information content (AvgIpc) is 2.85. The summed E-state index contributed by atoms with van der Waals surface area (Å²) in [6.45, 7) is 2.29. The van der Waals surface area contributed by atoms with Gasteiger partial charge in [-0.3, -0.25) is 0 Å². The summed E-state index contributed by atoms with van der Waals surface area (Å²) in [5.41, 5.74) is 0. The molecule has 0 radical (unpaired) electrons. The van der Waals surface area contributed by atoms with Crippen molar-refractivity contribution in [3.63, 3.8) is 0 Å². The minimum absolute atomic E-state index is 0.622. The summed E-state index contributed by atoms with van der Waals surface area (Å²) in [6.07, 6.45) is 0. The van der Waals surface area contributed by atoms with Crippen molar-refractivity contribution < 1.29 is 9.47 Å². The van der Waals surface area contributed by atoms with Gasteiger partial charge in [0.25, 0.3) is 0 Å². The molecule has 1 N–H and O–H groups in total. The number of hydrogen-bond acceptors (Lipinski definition) is 4. The summed E-state index contributed by atoms with van der Waals surface area (Å²) in [5.74, 6) is 1.64. The molecule has 0 aliphatic rings. The van der Waals surface area contributed by atoms with E-state index in [1.807, 2.05) is 18.2 Å². The Hall–Kier alpha value is -0.560. The number of methoxy groups -OCH3 is 1. The van der Waals surface area contributed by atoms with Crippen LogP contribution in [0.1, 0.15) is 4.88 Å². The Kier molecular flexibility index (Phi) is 6.35. The maximum absolute atomic E-state index is 5.71. The van der Waals surface area contributed by atoms with Gasteiger partial charge in [0.05, 0.1) is 11.6 Å². The molecule has 1 heterocycles. The highest BCUT2D eigenvalue weighted by atomic mass is 79.9. The summed E-state index contributed by atoms with van der Waals surface area (Å²) in [4.78, 5) is 1.31. The minimum Gasteiger partial charge on any atom is -0.497 e. The number of benzene rings is 1. The third kappa shape index (κ3) is 4.77. The summed E-state index contributed by atoms with van der Waals surface area (Å²) >= 11 is 8.65. The van der Waals surface area contributed by atoms with Crippen LogP contribution in [0.15, 0.2) is 38.6 Å². The zero-order valence-electron chi connectivity index (χ0n) is 11.0. The van der Waals surface area contributed by atoms with Crippen LogP contribution in [0.3, 0.4) is 0 Å². The fraction of sp³-hybridized carbons (Fsp3) is 0.286. The van der Waals surface area contributed by atoms with Crippen molar-refractivity contribution in [1.82, 2.24) is 5.32 Å². The standard InChI is InChI=1S/C14H15Br2NO2S/c1-18-11-2-3-14(13(16)7-11)19-5-4-17-8-12-6-10(15)9-20-12/h2-3,6-7,9,17H,4-5,8H2,1H3. The Labute approximate surface area is 139 Å². The zero-order valence-corrected chi connectivity index (χ0v) is 15.0. The monoisotopic (exact) mass is 419 g/mol. The van der Waals surface area contributed by atoms with Crippen LogP contribution in [-0.4, -0.2) is 20.3 Å². The molecule has 0 aliphatic carbocycles. The van der Waals surface area contributed by atoms with Crippen molar-refractivity contribution in [3.05, 3.63) is 43.5 Å². The van der Waals surface area contributed by atoms with Crippen LogP contribution in [0, 0.1) is 0 Å². The number of thiophene rings is 1. The molecule has 0 fully saturated rings. The summed E-state index contributed by atoms with van der Waals surface area (Å²) in [7, 11) is 1.65. The number of nitrogens with one attached hydrogen (secondary N) is 1. The van der Waals surface area contributed by atoms with E-state index < -0.39 is 0 Å². The highest BCUT2D eigenvalue weighted by molar-refractivity contribution is 9.10. The highest BCUT2D eigenvalue weighted by Crippen LogP contribution is 2.28. The van der Waals surface area contributed by atoms with Crippen molar-refractivity contribution in [2.45, 2.75) is 6.54 Å². The van der Waals surface area contributed by atoms with Crippen LogP contribution in [-0.2, 0) is 6.54 Å². The quantitative estimate of drug-likeness (QED) is 0.671. The lowest BCUT2D eigenvalue weighted by Crippen LogP contribution is -2.20. The zero-order chi connectivity index (χ0) is 14.4. The van der Waals surface area contributed by atoms with Gasteiger partial charge in [0.15, 0.2) is 0 Å². The van der Waals surface area contributed by atoms with E-state index in [2.05, 4.69) is 48.6 Å². The van der Waals surface area contributed by atoms with E-state index in [-0.39, 0.29) is 0 Å². The Morgan fingerprint density at radius 3 is 2.75 bits per heavy atom. The molecule has 20 heavy (non-hydrogen) atoms. The normalized spacial score (nSPS) is 10.6. The molecule has 3 nitrogen and oxygen atoms in total. The second-order valence-electron chi connectivity index (χ2n) is 4.05. The number of rotatable bonds is 7. The molecule has 0 saturated carbocycles. The largest absolute Gasteiger partial charge is 0.497 e. The lowest BCUT2D eigenvalue weighted by atomic mass is 10.3. The molecule has 6 heteroatoms. The van der Waals surface area contributed by atoms with Crippen molar-refractivity contribution in [2.24, 2.45) is 0 Å². The SMILES string of the molecule is COc1ccc(OCCNCc2cc(Br)cs2)c(Br)c1. The van der Waals surface area contributed by atoms with Gasteiger partial charge in [-0.1, -0.05) is 0 Å². The van der Waals surface area contributed by atoms with E-state index in [4.69, 9.17) is 9.47 Å². The molecule has 2 aromatic rings. The van der Waals surface area contributed by atoms with Gasteiger partial charge in [0.1, 0.15) is 18.1 Å². The van der Waals surface area contributed by atoms with E-state index in [0.717, 1.165) is 33.5 Å². The molecule has 0 unspecified atom stereocenters. The maximum Gasteiger partial charge on any atom is 0.133 e. The molecule has 1 aromatic carbocycles. The lowest BCUT2D eigenvalue weighted by molar-refractivity contribution is 0.311. The summed E-state index contributed by atoms with van der Waals surface area (Å²) < 4.78 is 12.9. The Morgan fingerprint density at radius 2 is 2.10 bits per heavy atom. The summed E-state index contributed by atoms with van der Waals surface area (Å²) in [6, 6.07) is 7.81. The Morgan fingerprint density at radius 1 is 1.25 bits per heavy atom. The first-order chi connectivity index (χ1) is 9.69. The fourth-order valence-electron chi connectivity index (χ4n) is 1.62. The van der Waals surface area contributed by atoms with Gasteiger partial charge in [-0.25, -0.2) is 0 Å². The molecule has 0 aliphatic heterocycles. The first kappa shape index (κ1) is 15.8. The van der Waals surface area contributed by atoms with Gasteiger partial charge in [0, 0.05) is 27.8 Å². The molecule has 0 bridgehead atoms. The van der Waals surface area contributed by atoms with Crippen LogP contribution in [0.5, 0.6) is 11.5 Å². The van der Waals surface area contributed by atoms with Gasteiger partial charge in [0.2, 0.25) is 0 Å². The van der Waals surface area contributed by atoms with Crippen molar-refractivity contribution in [3.8, 4) is 11.5 Å². The molecule has 2 rings (SSSR count). The van der Waals surface area contributed by atoms with Crippen LogP contribution in [0.2, 0.25) is 0 Å². The predicted octanol–water partition coefficient (Wildman–Crippen LogP) is 4.45. The van der Waals surface area contributed by atoms with E-state index >= 15 is 0 Å². The molecule has 108 valence electrons. The minimum atomic E-state index is 0.622. The number of halogens is 2. The second kappa shape index (κ2) is 8.02. The predicted molar refractivity (Wildman–Crippen MR) is 89.9 cm³/mol. The van der Waals surface area contributed by atoms with Crippen molar-refractivity contribution >= 4 is 43.2 Å². The lowest BCUT2D eigenvalue weighted by Gasteiger charge is -2.09. The topological polar surface area (TPSA) is 30.5 Å². The second-order valence-corrected chi connectivity index (χ2v) is 6.82. The summed E-state index contributed by atoms with van der Waals surface area (Å²) in [5, 5.41) is 5.44. The highest BCUT2D eigenvalue weighted by Gasteiger charge is 2.03. The van der Waals surface area contributed by atoms with Gasteiger partial charge < -0.3 is 14.8 Å². The van der Waals surface area contributed by atoms with Crippen molar-refractivity contribution in [2.75, 3.05) is 20.3 Å². The Bertz CT molecular complexity index is 560. The van der Waals surface area contributed by atoms with Crippen LogP contribution >= 0.6 is 43.2 Å². The molecular formula is C14H15Br2NO2S. The van der Waals surface area contributed by atoms with E-state index in [0.29, 0.717) is 6.61 Å². The van der Waals surface area contributed by atoms with Gasteiger partial charge >= 0.3 is 0 Å². The van der Waals surface area contributed by atoms with E-state index in [9.17, 15) is 0 Å². The van der Waals surface area contributed by atoms with Crippen LogP contribution in [0.25, 0.3) is 0 Å². The van der Waals surface area contributed by atoms with Crippen LogP contribution < -0.4 is 14.8 Å². The van der Waals surface area contributed by atoms with Gasteiger partial charge in [-0.15, -0.1) is 11.3 Å². The van der Waals surface area contributed by atoms with Crippen LogP contribution in [0.4, 0.5) is 0 Å². The number of hydrogen-bond donors (Lipinski definition) is 1. The van der Waals surface area contributed by atoms with E-state index in [1.165, 1.54) is 4.88 Å². The molecule has 0 spiro atoms. The Balaban J connectivity index is 1.70. The maximum atomic E-state index is 5.71. The smallest absolute Gasteiger partial charge is 0.133 e. The number of ether oxygens (including phenoxy) is 2. The molecular weight excluding hydrogens is 406 g/mol. The molecule has 0 saturated heterocycles. The molecule has 1 aromatic heterocycles. The van der Waals surface area contributed by atoms with Crippen molar-refractivity contribution in [1.29, 1.82) is 0 Å². The third-order valence-corrected chi connectivity index (χ3v) is 4.91. The first-order valence-corrected chi connectivity index (χ1v) is 8.55. The third-order valence-electron chi connectivity index (χ3n) is 2.60. The average molecular weight is 421 g/mol.